The maximum atomic E-state index is 15.0. The Morgan fingerprint density at radius 2 is 2.06 bits per heavy atom. The molecular formula is C26H24FN7O. The van der Waals surface area contributed by atoms with Crippen LogP contribution in [-0.2, 0) is 13.6 Å². The molecule has 9 heteroatoms. The van der Waals surface area contributed by atoms with Crippen molar-refractivity contribution in [3.05, 3.63) is 70.8 Å². The van der Waals surface area contributed by atoms with Gasteiger partial charge >= 0.3 is 0 Å². The van der Waals surface area contributed by atoms with E-state index in [4.69, 9.17) is 4.98 Å². The van der Waals surface area contributed by atoms with Gasteiger partial charge in [-0.1, -0.05) is 12.8 Å². The third-order valence-corrected chi connectivity index (χ3v) is 6.57. The number of rotatable bonds is 5. The highest BCUT2D eigenvalue weighted by atomic mass is 19.1. The molecule has 5 rings (SSSR count). The number of amides is 1. The summed E-state index contributed by atoms with van der Waals surface area (Å²) in [4.78, 5) is 22.3. The van der Waals surface area contributed by atoms with Gasteiger partial charge in [0, 0.05) is 36.8 Å². The Morgan fingerprint density at radius 3 is 2.80 bits per heavy atom. The molecule has 3 aromatic heterocycles. The fraction of sp³-hybridized carbons (Fsp3) is 0.308. The molecule has 1 N–H and O–H groups in total. The predicted molar refractivity (Wildman–Crippen MR) is 128 cm³/mol. The van der Waals surface area contributed by atoms with Crippen LogP contribution in [0.4, 0.5) is 4.39 Å². The van der Waals surface area contributed by atoms with Crippen molar-refractivity contribution in [2.24, 2.45) is 7.05 Å². The summed E-state index contributed by atoms with van der Waals surface area (Å²) in [5.41, 5.74) is 3.76. The van der Waals surface area contributed by atoms with Gasteiger partial charge in [-0.3, -0.25) is 4.79 Å². The highest BCUT2D eigenvalue weighted by Gasteiger charge is 2.25. The van der Waals surface area contributed by atoms with E-state index in [0.29, 0.717) is 28.3 Å². The van der Waals surface area contributed by atoms with Crippen molar-refractivity contribution < 1.29 is 9.18 Å². The van der Waals surface area contributed by atoms with Gasteiger partial charge in [0.1, 0.15) is 17.7 Å². The number of benzene rings is 1. The van der Waals surface area contributed by atoms with Gasteiger partial charge in [0.25, 0.3) is 5.91 Å². The molecule has 1 fully saturated rings. The molecule has 0 unspecified atom stereocenters. The number of hydrogen-bond acceptors (Lipinski definition) is 6. The number of aryl methyl sites for hydroxylation is 2. The first kappa shape index (κ1) is 22.6. The van der Waals surface area contributed by atoms with Crippen LogP contribution in [-0.4, -0.2) is 30.6 Å². The van der Waals surface area contributed by atoms with E-state index in [2.05, 4.69) is 20.5 Å². The lowest BCUT2D eigenvalue weighted by Gasteiger charge is -2.12. The van der Waals surface area contributed by atoms with Gasteiger partial charge in [-0.25, -0.2) is 14.4 Å². The number of hydrogen-bond donors (Lipinski definition) is 1. The number of aromatic nitrogens is 5. The van der Waals surface area contributed by atoms with Gasteiger partial charge in [0.05, 0.1) is 28.5 Å². The van der Waals surface area contributed by atoms with Crippen LogP contribution in [0.3, 0.4) is 0 Å². The van der Waals surface area contributed by atoms with Crippen molar-refractivity contribution in [1.82, 2.24) is 30.0 Å². The van der Waals surface area contributed by atoms with E-state index in [0.717, 1.165) is 24.2 Å². The first-order valence-electron chi connectivity index (χ1n) is 11.6. The number of nitrogens with zero attached hydrogens (tertiary/aromatic N) is 6. The number of carbonyl (C=O) groups is 1. The lowest BCUT2D eigenvalue weighted by atomic mass is 10.00. The third-order valence-electron chi connectivity index (χ3n) is 6.57. The molecule has 0 saturated heterocycles. The fourth-order valence-electron chi connectivity index (χ4n) is 4.84. The van der Waals surface area contributed by atoms with Crippen molar-refractivity contribution in [2.75, 3.05) is 0 Å². The van der Waals surface area contributed by atoms with Crippen molar-refractivity contribution in [2.45, 2.75) is 45.1 Å². The number of pyridine rings is 1. The Morgan fingerprint density at radius 1 is 1.26 bits per heavy atom. The SMILES string of the molecule is Cc1cc(-c2cc(C#N)c(F)c(CNC(=O)c3nccc4nc(C5CCCC5)n(C)c34)c2)cnn1. The summed E-state index contributed by atoms with van der Waals surface area (Å²) in [5, 5.41) is 20.1. The monoisotopic (exact) mass is 469 g/mol. The molecule has 4 aromatic rings. The van der Waals surface area contributed by atoms with Crippen molar-refractivity contribution in [3.63, 3.8) is 0 Å². The molecule has 0 radical (unpaired) electrons. The topological polar surface area (TPSA) is 109 Å². The second kappa shape index (κ2) is 9.22. The standard InChI is InChI=1S/C26H24FN7O/c1-15-9-19(14-31-33-15)17-10-18(12-28)22(27)20(11-17)13-30-26(35)23-24-21(7-8-29-23)32-25(34(24)2)16-5-3-4-6-16/h7-11,14,16H,3-6,13H2,1-2H3,(H,30,35). The summed E-state index contributed by atoms with van der Waals surface area (Å²) < 4.78 is 16.9. The summed E-state index contributed by atoms with van der Waals surface area (Å²) in [6.07, 6.45) is 7.67. The number of imidazole rings is 1. The van der Waals surface area contributed by atoms with Gasteiger partial charge in [-0.05, 0) is 49.6 Å². The van der Waals surface area contributed by atoms with Crippen LogP contribution in [0.15, 0.2) is 36.7 Å². The van der Waals surface area contributed by atoms with Crippen LogP contribution in [0.25, 0.3) is 22.2 Å². The minimum absolute atomic E-state index is 0.101. The quantitative estimate of drug-likeness (QED) is 0.466. The van der Waals surface area contributed by atoms with E-state index in [9.17, 15) is 14.4 Å². The molecule has 1 aliphatic rings. The Bertz CT molecular complexity index is 1480. The molecule has 3 heterocycles. The molecule has 0 bridgehead atoms. The van der Waals surface area contributed by atoms with E-state index < -0.39 is 11.7 Å². The molecule has 35 heavy (non-hydrogen) atoms. The van der Waals surface area contributed by atoms with Gasteiger partial charge in [-0.15, -0.1) is 0 Å². The molecule has 176 valence electrons. The summed E-state index contributed by atoms with van der Waals surface area (Å²) in [5.74, 6) is 0.265. The van der Waals surface area contributed by atoms with E-state index >= 15 is 0 Å². The maximum Gasteiger partial charge on any atom is 0.272 e. The van der Waals surface area contributed by atoms with Crippen molar-refractivity contribution >= 4 is 16.9 Å². The minimum atomic E-state index is -0.662. The summed E-state index contributed by atoms with van der Waals surface area (Å²) in [7, 11) is 1.91. The van der Waals surface area contributed by atoms with Crippen LogP contribution in [0, 0.1) is 24.1 Å². The average Bonchev–Trinajstić information content (AvgIpc) is 3.51. The Balaban J connectivity index is 1.45. The second-order valence-electron chi connectivity index (χ2n) is 8.91. The van der Waals surface area contributed by atoms with Gasteiger partial charge in [-0.2, -0.15) is 15.5 Å². The maximum absolute atomic E-state index is 15.0. The Kier molecular flexibility index (Phi) is 5.95. The van der Waals surface area contributed by atoms with Gasteiger partial charge in [0.15, 0.2) is 5.69 Å². The number of nitrogens with one attached hydrogen (secondary N) is 1. The predicted octanol–water partition coefficient (Wildman–Crippen LogP) is 4.33. The lowest BCUT2D eigenvalue weighted by molar-refractivity contribution is 0.0947. The molecule has 0 aliphatic heterocycles. The van der Waals surface area contributed by atoms with Crippen LogP contribution < -0.4 is 5.32 Å². The van der Waals surface area contributed by atoms with E-state index in [1.807, 2.05) is 17.7 Å². The molecule has 1 aromatic carbocycles. The number of fused-ring (bicyclic) bond motifs is 1. The third kappa shape index (κ3) is 4.23. The molecule has 0 spiro atoms. The molecule has 1 saturated carbocycles. The lowest BCUT2D eigenvalue weighted by Crippen LogP contribution is -2.25. The van der Waals surface area contributed by atoms with Crippen molar-refractivity contribution in [1.29, 1.82) is 5.26 Å². The first-order chi connectivity index (χ1) is 17.0. The highest BCUT2D eigenvalue weighted by Crippen LogP contribution is 2.35. The van der Waals surface area contributed by atoms with Crippen molar-refractivity contribution in [3.8, 4) is 17.2 Å². The molecule has 1 aliphatic carbocycles. The normalized spacial score (nSPS) is 13.8. The molecular weight excluding hydrogens is 445 g/mol. The number of carbonyl (C=O) groups excluding carboxylic acids is 1. The zero-order chi connectivity index (χ0) is 24.5. The Hall–Kier alpha value is -4.19. The van der Waals surface area contributed by atoms with Crippen LogP contribution >= 0.6 is 0 Å². The van der Waals surface area contributed by atoms with Crippen LogP contribution in [0.5, 0.6) is 0 Å². The smallest absolute Gasteiger partial charge is 0.272 e. The summed E-state index contributed by atoms with van der Waals surface area (Å²) in [6.45, 7) is 1.70. The van der Waals surface area contributed by atoms with Gasteiger partial charge in [0.2, 0.25) is 0 Å². The van der Waals surface area contributed by atoms with Gasteiger partial charge < -0.3 is 9.88 Å². The van der Waals surface area contributed by atoms with Crippen LogP contribution in [0.1, 0.15) is 64.7 Å². The Labute approximate surface area is 201 Å². The van der Waals surface area contributed by atoms with E-state index in [1.54, 1.807) is 37.5 Å². The fourth-order valence-corrected chi connectivity index (χ4v) is 4.84. The minimum Gasteiger partial charge on any atom is -0.346 e. The zero-order valence-electron chi connectivity index (χ0n) is 19.5. The molecule has 0 atom stereocenters. The van der Waals surface area contributed by atoms with Crippen LogP contribution in [0.2, 0.25) is 0 Å². The average molecular weight is 470 g/mol. The summed E-state index contributed by atoms with van der Waals surface area (Å²) >= 11 is 0. The highest BCUT2D eigenvalue weighted by molar-refractivity contribution is 6.03. The number of halogens is 1. The largest absolute Gasteiger partial charge is 0.346 e. The van der Waals surface area contributed by atoms with E-state index in [1.165, 1.54) is 18.9 Å². The van der Waals surface area contributed by atoms with E-state index in [-0.39, 0.29) is 23.4 Å². The second-order valence-corrected chi connectivity index (χ2v) is 8.91. The molecule has 8 nitrogen and oxygen atoms in total. The first-order valence-corrected chi connectivity index (χ1v) is 11.6. The number of nitriles is 1. The summed E-state index contributed by atoms with van der Waals surface area (Å²) in [6, 6.07) is 8.59. The zero-order valence-corrected chi connectivity index (χ0v) is 19.5. The molecule has 1 amide bonds.